The van der Waals surface area contributed by atoms with Crippen molar-refractivity contribution in [3.63, 3.8) is 0 Å². The van der Waals surface area contributed by atoms with Crippen LogP contribution < -0.4 is 0 Å². The SMILES string of the molecule is CCCc1[nH]c(Cc2cccs2)nc(=S)c1Br. The number of thiophene rings is 1. The third kappa shape index (κ3) is 3.24. The Balaban J connectivity index is 2.32. The minimum absolute atomic E-state index is 0.652. The van der Waals surface area contributed by atoms with Gasteiger partial charge in [0.25, 0.3) is 0 Å². The summed E-state index contributed by atoms with van der Waals surface area (Å²) in [5, 5.41) is 2.08. The Bertz CT molecular complexity index is 546. The van der Waals surface area contributed by atoms with Crippen molar-refractivity contribution in [1.29, 1.82) is 0 Å². The molecule has 5 heteroatoms. The molecular weight excluding hydrogens is 316 g/mol. The van der Waals surface area contributed by atoms with Crippen LogP contribution in [0.5, 0.6) is 0 Å². The highest BCUT2D eigenvalue weighted by atomic mass is 79.9. The van der Waals surface area contributed by atoms with Crippen LogP contribution in [-0.2, 0) is 12.8 Å². The molecule has 2 nitrogen and oxygen atoms in total. The van der Waals surface area contributed by atoms with Crippen LogP contribution in [0.25, 0.3) is 0 Å². The second kappa shape index (κ2) is 5.89. The van der Waals surface area contributed by atoms with E-state index in [1.54, 1.807) is 11.3 Å². The van der Waals surface area contributed by atoms with E-state index >= 15 is 0 Å². The molecule has 0 saturated heterocycles. The summed E-state index contributed by atoms with van der Waals surface area (Å²) in [6.45, 7) is 2.16. The van der Waals surface area contributed by atoms with Crippen molar-refractivity contribution in [3.8, 4) is 0 Å². The molecular formula is C12H13BrN2S2. The predicted molar refractivity (Wildman–Crippen MR) is 78.2 cm³/mol. The van der Waals surface area contributed by atoms with Crippen LogP contribution in [0, 0.1) is 4.64 Å². The van der Waals surface area contributed by atoms with Gasteiger partial charge in [-0.1, -0.05) is 31.6 Å². The lowest BCUT2D eigenvalue weighted by molar-refractivity contribution is 0.832. The molecule has 0 aliphatic rings. The first-order valence-corrected chi connectivity index (χ1v) is 7.58. The van der Waals surface area contributed by atoms with E-state index in [2.05, 4.69) is 50.3 Å². The van der Waals surface area contributed by atoms with Gasteiger partial charge in [0.1, 0.15) is 10.5 Å². The second-order valence-corrected chi connectivity index (χ2v) is 6.00. The number of hydrogen-bond acceptors (Lipinski definition) is 3. The van der Waals surface area contributed by atoms with Crippen LogP contribution in [0.3, 0.4) is 0 Å². The second-order valence-electron chi connectivity index (χ2n) is 3.79. The topological polar surface area (TPSA) is 28.7 Å². The van der Waals surface area contributed by atoms with E-state index < -0.39 is 0 Å². The summed E-state index contributed by atoms with van der Waals surface area (Å²) in [4.78, 5) is 9.08. The Labute approximate surface area is 118 Å². The maximum absolute atomic E-state index is 5.26. The van der Waals surface area contributed by atoms with E-state index in [4.69, 9.17) is 12.2 Å². The van der Waals surface area contributed by atoms with Crippen molar-refractivity contribution in [1.82, 2.24) is 9.97 Å². The Morgan fingerprint density at radius 1 is 1.53 bits per heavy atom. The minimum atomic E-state index is 0.652. The minimum Gasteiger partial charge on any atom is -0.346 e. The molecule has 90 valence electrons. The third-order valence-corrected chi connectivity index (χ3v) is 4.69. The van der Waals surface area contributed by atoms with Gasteiger partial charge in [0.15, 0.2) is 0 Å². The van der Waals surface area contributed by atoms with Gasteiger partial charge >= 0.3 is 0 Å². The van der Waals surface area contributed by atoms with Gasteiger partial charge in [-0.2, -0.15) is 0 Å². The lowest BCUT2D eigenvalue weighted by atomic mass is 10.2. The van der Waals surface area contributed by atoms with Crippen LogP contribution in [0.2, 0.25) is 0 Å². The molecule has 2 heterocycles. The Kier molecular flexibility index (Phi) is 4.48. The van der Waals surface area contributed by atoms with Crippen LogP contribution in [0.1, 0.15) is 29.7 Å². The molecule has 0 aliphatic heterocycles. The number of hydrogen-bond donors (Lipinski definition) is 1. The largest absolute Gasteiger partial charge is 0.346 e. The van der Waals surface area contributed by atoms with Crippen molar-refractivity contribution in [3.05, 3.63) is 43.0 Å². The number of halogens is 1. The number of rotatable bonds is 4. The monoisotopic (exact) mass is 328 g/mol. The van der Waals surface area contributed by atoms with Gasteiger partial charge in [0.05, 0.1) is 4.47 Å². The molecule has 0 radical (unpaired) electrons. The number of nitrogens with zero attached hydrogens (tertiary/aromatic N) is 1. The molecule has 2 rings (SSSR count). The zero-order chi connectivity index (χ0) is 12.3. The van der Waals surface area contributed by atoms with Gasteiger partial charge in [-0.3, -0.25) is 0 Å². The summed E-state index contributed by atoms with van der Waals surface area (Å²) in [5.41, 5.74) is 1.15. The molecule has 0 spiro atoms. The third-order valence-electron chi connectivity index (χ3n) is 2.41. The zero-order valence-electron chi connectivity index (χ0n) is 9.50. The lowest BCUT2D eigenvalue weighted by Gasteiger charge is -2.06. The van der Waals surface area contributed by atoms with Gasteiger partial charge in [-0.05, 0) is 33.8 Å². The fourth-order valence-corrected chi connectivity index (χ4v) is 2.97. The van der Waals surface area contributed by atoms with Crippen molar-refractivity contribution in [2.75, 3.05) is 0 Å². The first-order chi connectivity index (χ1) is 8.20. The molecule has 0 amide bonds. The molecule has 0 bridgehead atoms. The van der Waals surface area contributed by atoms with Crippen molar-refractivity contribution < 1.29 is 0 Å². The van der Waals surface area contributed by atoms with Crippen molar-refractivity contribution in [2.24, 2.45) is 0 Å². The lowest BCUT2D eigenvalue weighted by Crippen LogP contribution is -2.02. The molecule has 0 fully saturated rings. The molecule has 1 N–H and O–H groups in total. The van der Waals surface area contributed by atoms with Gasteiger partial charge < -0.3 is 4.98 Å². The summed E-state index contributed by atoms with van der Waals surface area (Å²) >= 11 is 10.5. The van der Waals surface area contributed by atoms with Crippen molar-refractivity contribution in [2.45, 2.75) is 26.2 Å². The summed E-state index contributed by atoms with van der Waals surface area (Å²) in [5.74, 6) is 0.948. The standard InChI is InChI=1S/C12H13BrN2S2/c1-2-4-9-11(13)12(16)15-10(14-9)7-8-5-3-6-17-8/h3,5-6H,2,4,7H2,1H3,(H,14,15,16). The van der Waals surface area contributed by atoms with Crippen LogP contribution in [-0.4, -0.2) is 9.97 Å². The summed E-state index contributed by atoms with van der Waals surface area (Å²) in [6, 6.07) is 4.17. The summed E-state index contributed by atoms with van der Waals surface area (Å²) in [6.07, 6.45) is 2.90. The fourth-order valence-electron chi connectivity index (χ4n) is 1.64. The maximum Gasteiger partial charge on any atom is 0.144 e. The molecule has 2 aromatic rings. The number of nitrogens with one attached hydrogen (secondary N) is 1. The highest BCUT2D eigenvalue weighted by Gasteiger charge is 2.06. The number of aryl methyl sites for hydroxylation is 1. The fraction of sp³-hybridized carbons (Fsp3) is 0.333. The van der Waals surface area contributed by atoms with E-state index in [0.717, 1.165) is 35.3 Å². The number of aromatic nitrogens is 2. The van der Waals surface area contributed by atoms with Gasteiger partial charge in [0.2, 0.25) is 0 Å². The first-order valence-electron chi connectivity index (χ1n) is 5.50. The molecule has 0 saturated carbocycles. The van der Waals surface area contributed by atoms with E-state index in [0.29, 0.717) is 4.64 Å². The van der Waals surface area contributed by atoms with Crippen LogP contribution >= 0.6 is 39.5 Å². The summed E-state index contributed by atoms with van der Waals surface area (Å²) < 4.78 is 1.59. The van der Waals surface area contributed by atoms with E-state index in [1.165, 1.54) is 4.88 Å². The molecule has 0 unspecified atom stereocenters. The van der Waals surface area contributed by atoms with Gasteiger partial charge in [-0.15, -0.1) is 11.3 Å². The number of aromatic amines is 1. The van der Waals surface area contributed by atoms with E-state index in [-0.39, 0.29) is 0 Å². The van der Waals surface area contributed by atoms with E-state index in [9.17, 15) is 0 Å². The first kappa shape index (κ1) is 12.9. The van der Waals surface area contributed by atoms with E-state index in [1.807, 2.05) is 0 Å². The molecule has 17 heavy (non-hydrogen) atoms. The quantitative estimate of drug-likeness (QED) is 0.836. The smallest absolute Gasteiger partial charge is 0.144 e. The molecule has 0 atom stereocenters. The molecule has 0 aliphatic carbocycles. The van der Waals surface area contributed by atoms with Crippen LogP contribution in [0.4, 0.5) is 0 Å². The average Bonchev–Trinajstić information content (AvgIpc) is 2.78. The normalized spacial score (nSPS) is 10.7. The maximum atomic E-state index is 5.26. The highest BCUT2D eigenvalue weighted by Crippen LogP contribution is 2.19. The van der Waals surface area contributed by atoms with Gasteiger partial charge in [0, 0.05) is 17.0 Å². The average molecular weight is 329 g/mol. The number of H-pyrrole nitrogens is 1. The predicted octanol–water partition coefficient (Wildman–Crippen LogP) is 4.51. The Morgan fingerprint density at radius 2 is 2.35 bits per heavy atom. The molecule has 2 aromatic heterocycles. The van der Waals surface area contributed by atoms with Crippen molar-refractivity contribution >= 4 is 39.5 Å². The van der Waals surface area contributed by atoms with Crippen LogP contribution in [0.15, 0.2) is 22.0 Å². The zero-order valence-corrected chi connectivity index (χ0v) is 12.7. The highest BCUT2D eigenvalue weighted by molar-refractivity contribution is 9.10. The summed E-state index contributed by atoms with van der Waals surface area (Å²) in [7, 11) is 0. The molecule has 0 aromatic carbocycles. The Morgan fingerprint density at radius 3 is 3.00 bits per heavy atom. The van der Waals surface area contributed by atoms with Gasteiger partial charge in [-0.25, -0.2) is 4.98 Å². The Hall–Kier alpha value is -0.520.